The summed E-state index contributed by atoms with van der Waals surface area (Å²) in [7, 11) is 0. The Morgan fingerprint density at radius 2 is 2.05 bits per heavy atom. The molecule has 0 atom stereocenters. The summed E-state index contributed by atoms with van der Waals surface area (Å²) in [4.78, 5) is 11.8. The van der Waals surface area contributed by atoms with Gasteiger partial charge < -0.3 is 15.8 Å². The summed E-state index contributed by atoms with van der Waals surface area (Å²) in [6.07, 6.45) is 2.69. The molecule has 1 aromatic carbocycles. The minimum absolute atomic E-state index is 0.109. The highest BCUT2D eigenvalue weighted by Gasteiger charge is 2.48. The molecule has 0 aliphatic heterocycles. The zero-order valence-electron chi connectivity index (χ0n) is 11.2. The van der Waals surface area contributed by atoms with Crippen LogP contribution in [0.2, 0.25) is 0 Å². The van der Waals surface area contributed by atoms with Gasteiger partial charge in [-0.2, -0.15) is 0 Å². The molecule has 0 aromatic heterocycles. The smallest absolute Gasteiger partial charge is 0.227 e. The van der Waals surface area contributed by atoms with E-state index < -0.39 is 0 Å². The van der Waals surface area contributed by atoms with Crippen molar-refractivity contribution in [3.63, 3.8) is 0 Å². The summed E-state index contributed by atoms with van der Waals surface area (Å²) >= 11 is 0. The van der Waals surface area contributed by atoms with Gasteiger partial charge in [-0.3, -0.25) is 4.79 Å². The maximum atomic E-state index is 11.8. The maximum Gasteiger partial charge on any atom is 0.227 e. The van der Waals surface area contributed by atoms with E-state index in [0.717, 1.165) is 19.3 Å². The highest BCUT2D eigenvalue weighted by Crippen LogP contribution is 2.44. The second-order valence-electron chi connectivity index (χ2n) is 5.13. The van der Waals surface area contributed by atoms with E-state index >= 15 is 0 Å². The molecule has 0 radical (unpaired) electrons. The van der Waals surface area contributed by atoms with E-state index in [9.17, 15) is 4.79 Å². The topological polar surface area (TPSA) is 64.4 Å². The highest BCUT2D eigenvalue weighted by atomic mass is 16.5. The highest BCUT2D eigenvalue weighted by molar-refractivity contribution is 5.85. The first-order valence-corrected chi connectivity index (χ1v) is 6.87. The summed E-state index contributed by atoms with van der Waals surface area (Å²) in [6, 6.07) is 10.1. The monoisotopic (exact) mass is 262 g/mol. The zero-order chi connectivity index (χ0) is 13.6. The van der Waals surface area contributed by atoms with Crippen molar-refractivity contribution < 1.29 is 9.53 Å². The number of rotatable bonds is 8. The molecule has 1 amide bonds. The number of benzene rings is 1. The lowest BCUT2D eigenvalue weighted by atomic mass is 10.1. The largest absolute Gasteiger partial charge is 0.377 e. The van der Waals surface area contributed by atoms with Gasteiger partial charge in [0.05, 0.1) is 12.0 Å². The second kappa shape index (κ2) is 6.68. The van der Waals surface area contributed by atoms with Crippen LogP contribution in [0.3, 0.4) is 0 Å². The number of amides is 1. The van der Waals surface area contributed by atoms with Crippen LogP contribution >= 0.6 is 0 Å². The molecule has 3 N–H and O–H groups in total. The van der Waals surface area contributed by atoms with Crippen molar-refractivity contribution in [1.82, 2.24) is 5.32 Å². The molecular weight excluding hydrogens is 240 g/mol. The van der Waals surface area contributed by atoms with Gasteiger partial charge in [0.15, 0.2) is 0 Å². The van der Waals surface area contributed by atoms with Crippen LogP contribution in [0.1, 0.15) is 24.8 Å². The summed E-state index contributed by atoms with van der Waals surface area (Å²) in [5, 5.41) is 2.94. The first-order valence-electron chi connectivity index (χ1n) is 6.87. The zero-order valence-corrected chi connectivity index (χ0v) is 11.2. The van der Waals surface area contributed by atoms with Crippen molar-refractivity contribution in [2.75, 3.05) is 19.7 Å². The predicted molar refractivity (Wildman–Crippen MR) is 74.4 cm³/mol. The fraction of sp³-hybridized carbons (Fsp3) is 0.533. The Hall–Kier alpha value is -1.39. The van der Waals surface area contributed by atoms with Gasteiger partial charge in [0.1, 0.15) is 0 Å². The van der Waals surface area contributed by atoms with E-state index in [1.54, 1.807) is 0 Å². The molecular formula is C15H22N2O2. The SMILES string of the molecule is NCC1(C(=O)NCCCOCc2ccccc2)CC1. The third kappa shape index (κ3) is 4.04. The fourth-order valence-corrected chi connectivity index (χ4v) is 2.00. The first-order chi connectivity index (χ1) is 9.27. The molecule has 19 heavy (non-hydrogen) atoms. The van der Waals surface area contributed by atoms with E-state index in [1.165, 1.54) is 5.56 Å². The Balaban J connectivity index is 1.52. The van der Waals surface area contributed by atoms with E-state index in [2.05, 4.69) is 5.32 Å². The minimum atomic E-state index is -0.245. The van der Waals surface area contributed by atoms with Gasteiger partial charge in [-0.1, -0.05) is 30.3 Å². The average Bonchev–Trinajstić information content (AvgIpc) is 3.24. The van der Waals surface area contributed by atoms with Crippen molar-refractivity contribution in [3.05, 3.63) is 35.9 Å². The Bertz CT molecular complexity index is 402. The molecule has 1 fully saturated rings. The van der Waals surface area contributed by atoms with Gasteiger partial charge in [0.2, 0.25) is 5.91 Å². The quantitative estimate of drug-likeness (QED) is 0.697. The third-order valence-corrected chi connectivity index (χ3v) is 3.59. The number of carbonyl (C=O) groups is 1. The standard InChI is InChI=1S/C15H22N2O2/c16-12-15(7-8-15)14(18)17-9-4-10-19-11-13-5-2-1-3-6-13/h1-3,5-6H,4,7-12,16H2,(H,17,18). The predicted octanol–water partition coefficient (Wildman–Crippen LogP) is 1.45. The number of nitrogens with one attached hydrogen (secondary N) is 1. The average molecular weight is 262 g/mol. The van der Waals surface area contributed by atoms with Gasteiger partial charge in [0, 0.05) is 19.7 Å². The van der Waals surface area contributed by atoms with Crippen LogP contribution in [0, 0.1) is 5.41 Å². The number of nitrogens with two attached hydrogens (primary N) is 1. The lowest BCUT2D eigenvalue weighted by molar-refractivity contribution is -0.126. The van der Waals surface area contributed by atoms with Gasteiger partial charge >= 0.3 is 0 Å². The number of ether oxygens (including phenoxy) is 1. The molecule has 1 aromatic rings. The lowest BCUT2D eigenvalue weighted by Gasteiger charge is -2.12. The van der Waals surface area contributed by atoms with E-state index in [0.29, 0.717) is 26.3 Å². The van der Waals surface area contributed by atoms with Crippen LogP contribution in [0.4, 0.5) is 0 Å². The molecule has 4 heteroatoms. The van der Waals surface area contributed by atoms with Crippen molar-refractivity contribution in [3.8, 4) is 0 Å². The van der Waals surface area contributed by atoms with Gasteiger partial charge in [-0.05, 0) is 24.8 Å². The summed E-state index contributed by atoms with van der Waals surface area (Å²) < 4.78 is 5.55. The van der Waals surface area contributed by atoms with Crippen molar-refractivity contribution in [2.24, 2.45) is 11.1 Å². The molecule has 0 unspecified atom stereocenters. The minimum Gasteiger partial charge on any atom is -0.377 e. The van der Waals surface area contributed by atoms with E-state index in [-0.39, 0.29) is 11.3 Å². The molecule has 0 heterocycles. The van der Waals surface area contributed by atoms with Crippen molar-refractivity contribution in [1.29, 1.82) is 0 Å². The van der Waals surface area contributed by atoms with E-state index in [4.69, 9.17) is 10.5 Å². The van der Waals surface area contributed by atoms with Crippen molar-refractivity contribution >= 4 is 5.91 Å². The molecule has 2 rings (SSSR count). The third-order valence-electron chi connectivity index (χ3n) is 3.59. The van der Waals surface area contributed by atoms with Gasteiger partial charge in [0.25, 0.3) is 0 Å². The number of carbonyl (C=O) groups excluding carboxylic acids is 1. The van der Waals surface area contributed by atoms with Crippen LogP contribution in [-0.4, -0.2) is 25.6 Å². The summed E-state index contributed by atoms with van der Waals surface area (Å²) in [6.45, 7) is 2.41. The van der Waals surface area contributed by atoms with Crippen molar-refractivity contribution in [2.45, 2.75) is 25.9 Å². The number of hydrogen-bond donors (Lipinski definition) is 2. The van der Waals surface area contributed by atoms with Crippen LogP contribution in [-0.2, 0) is 16.1 Å². The van der Waals surface area contributed by atoms with Gasteiger partial charge in [-0.15, -0.1) is 0 Å². The Morgan fingerprint density at radius 3 is 2.68 bits per heavy atom. The summed E-state index contributed by atoms with van der Waals surface area (Å²) in [5.74, 6) is 0.109. The molecule has 0 spiro atoms. The Labute approximate surface area is 114 Å². The first kappa shape index (κ1) is 14.0. The summed E-state index contributed by atoms with van der Waals surface area (Å²) in [5.41, 5.74) is 6.53. The van der Waals surface area contributed by atoms with E-state index in [1.807, 2.05) is 30.3 Å². The molecule has 1 aliphatic rings. The molecule has 4 nitrogen and oxygen atoms in total. The normalized spacial score (nSPS) is 16.1. The lowest BCUT2D eigenvalue weighted by Crippen LogP contribution is -2.37. The van der Waals surface area contributed by atoms with Crippen LogP contribution < -0.4 is 11.1 Å². The fourth-order valence-electron chi connectivity index (χ4n) is 2.00. The van der Waals surface area contributed by atoms with Crippen LogP contribution in [0.5, 0.6) is 0 Å². The molecule has 1 aliphatic carbocycles. The van der Waals surface area contributed by atoms with Crippen LogP contribution in [0.25, 0.3) is 0 Å². The second-order valence-corrected chi connectivity index (χ2v) is 5.13. The Kier molecular flexibility index (Phi) is 4.93. The van der Waals surface area contributed by atoms with Crippen LogP contribution in [0.15, 0.2) is 30.3 Å². The molecule has 0 saturated heterocycles. The maximum absolute atomic E-state index is 11.8. The molecule has 1 saturated carbocycles. The Morgan fingerprint density at radius 1 is 1.32 bits per heavy atom. The van der Waals surface area contributed by atoms with Gasteiger partial charge in [-0.25, -0.2) is 0 Å². The number of hydrogen-bond acceptors (Lipinski definition) is 3. The molecule has 0 bridgehead atoms. The molecule has 104 valence electrons.